The van der Waals surface area contributed by atoms with E-state index in [4.69, 9.17) is 11.2 Å². The van der Waals surface area contributed by atoms with Crippen LogP contribution in [0.1, 0.15) is 76.6 Å². The predicted octanol–water partition coefficient (Wildman–Crippen LogP) is 5.00. The van der Waals surface area contributed by atoms with E-state index in [9.17, 15) is 14.4 Å². The van der Waals surface area contributed by atoms with E-state index in [-0.39, 0.29) is 18.2 Å². The average Bonchev–Trinajstić information content (AvgIpc) is 2.87. The molecule has 2 unspecified atom stereocenters. The fourth-order valence-electron chi connectivity index (χ4n) is 4.11. The van der Waals surface area contributed by atoms with Crippen LogP contribution in [0.3, 0.4) is 0 Å². The highest BCUT2D eigenvalue weighted by Gasteiger charge is 2.36. The van der Waals surface area contributed by atoms with Crippen LogP contribution < -0.4 is 10.6 Å². The minimum absolute atomic E-state index is 0.236. The zero-order valence-electron chi connectivity index (χ0n) is 23.3. The van der Waals surface area contributed by atoms with Crippen molar-refractivity contribution in [3.05, 3.63) is 71.3 Å². The fraction of sp³-hybridized carbons (Fsp3) is 0.452. The molecule has 2 atom stereocenters. The van der Waals surface area contributed by atoms with Crippen molar-refractivity contribution in [2.45, 2.75) is 78.0 Å². The van der Waals surface area contributed by atoms with E-state index >= 15 is 0 Å². The van der Waals surface area contributed by atoms with Crippen molar-refractivity contribution in [2.24, 2.45) is 0 Å². The molecule has 0 aliphatic heterocycles. The Labute approximate surface area is 227 Å². The Bertz CT molecular complexity index is 1100. The first-order valence-electron chi connectivity index (χ1n) is 13.3. The summed E-state index contributed by atoms with van der Waals surface area (Å²) < 4.78 is 5.46. The highest BCUT2D eigenvalue weighted by Crippen LogP contribution is 2.26. The molecule has 0 fully saturated rings. The molecule has 2 aromatic rings. The summed E-state index contributed by atoms with van der Waals surface area (Å²) >= 11 is 0. The molecular weight excluding hydrogens is 478 g/mol. The van der Waals surface area contributed by atoms with Gasteiger partial charge in [0.2, 0.25) is 11.8 Å². The Kier molecular flexibility index (Phi) is 11.9. The molecule has 3 amide bonds. The topological polar surface area (TPSA) is 87.7 Å². The Morgan fingerprint density at radius 1 is 1.00 bits per heavy atom. The highest BCUT2D eigenvalue weighted by atomic mass is 16.6. The van der Waals surface area contributed by atoms with Gasteiger partial charge in [0.15, 0.2) is 0 Å². The van der Waals surface area contributed by atoms with Crippen LogP contribution in [0, 0.1) is 12.3 Å². The molecule has 0 saturated carbocycles. The van der Waals surface area contributed by atoms with Gasteiger partial charge < -0.3 is 20.3 Å². The molecule has 0 radical (unpaired) electrons. The van der Waals surface area contributed by atoms with Gasteiger partial charge in [-0.25, -0.2) is 4.79 Å². The first kappa shape index (κ1) is 30.4. The van der Waals surface area contributed by atoms with Gasteiger partial charge in [0.25, 0.3) is 0 Å². The van der Waals surface area contributed by atoms with Crippen LogP contribution in [0.25, 0.3) is 0 Å². The van der Waals surface area contributed by atoms with Crippen molar-refractivity contribution in [3.8, 4) is 12.3 Å². The molecule has 7 heteroatoms. The SMILES string of the molecule is C#Cc1ccccc1C(C(=O)NCCCC)N(CCC)C(=O)C(Cc1ccccc1)NC(=O)OC(C)(C)C. The summed E-state index contributed by atoms with van der Waals surface area (Å²) in [6.45, 7) is 10.0. The number of terminal acetylenes is 1. The molecule has 0 spiro atoms. The molecule has 7 nitrogen and oxygen atoms in total. The first-order chi connectivity index (χ1) is 18.1. The lowest BCUT2D eigenvalue weighted by Gasteiger charge is -2.35. The van der Waals surface area contributed by atoms with Gasteiger partial charge in [-0.1, -0.05) is 74.7 Å². The zero-order valence-corrected chi connectivity index (χ0v) is 23.3. The Balaban J connectivity index is 2.53. The Morgan fingerprint density at radius 3 is 2.26 bits per heavy atom. The van der Waals surface area contributed by atoms with Crippen molar-refractivity contribution in [1.82, 2.24) is 15.5 Å². The maximum atomic E-state index is 14.2. The second-order valence-corrected chi connectivity index (χ2v) is 10.2. The second kappa shape index (κ2) is 14.8. The van der Waals surface area contributed by atoms with Crippen LogP contribution in [0.2, 0.25) is 0 Å². The lowest BCUT2D eigenvalue weighted by atomic mass is 9.96. The molecular formula is C31H41N3O4. The number of unbranched alkanes of at least 4 members (excludes halogenated alkanes) is 1. The number of hydrogen-bond donors (Lipinski definition) is 2. The second-order valence-electron chi connectivity index (χ2n) is 10.2. The summed E-state index contributed by atoms with van der Waals surface area (Å²) in [6, 6.07) is 14.7. The van der Waals surface area contributed by atoms with Crippen LogP contribution in [0.4, 0.5) is 4.79 Å². The Hall–Kier alpha value is -3.79. The summed E-state index contributed by atoms with van der Waals surface area (Å²) in [7, 11) is 0. The van der Waals surface area contributed by atoms with Crippen molar-refractivity contribution in [1.29, 1.82) is 0 Å². The van der Waals surface area contributed by atoms with Gasteiger partial charge in [-0.05, 0) is 50.8 Å². The van der Waals surface area contributed by atoms with Crippen LogP contribution >= 0.6 is 0 Å². The van der Waals surface area contributed by atoms with Gasteiger partial charge in [-0.15, -0.1) is 6.42 Å². The monoisotopic (exact) mass is 519 g/mol. The fourth-order valence-corrected chi connectivity index (χ4v) is 4.11. The smallest absolute Gasteiger partial charge is 0.408 e. The van der Waals surface area contributed by atoms with E-state index < -0.39 is 23.8 Å². The molecule has 38 heavy (non-hydrogen) atoms. The van der Waals surface area contributed by atoms with E-state index in [2.05, 4.69) is 16.6 Å². The number of benzene rings is 2. The lowest BCUT2D eigenvalue weighted by molar-refractivity contribution is -0.142. The van der Waals surface area contributed by atoms with Crippen LogP contribution in [-0.2, 0) is 20.7 Å². The standard InChI is InChI=1S/C31H41N3O4/c1-7-10-20-32-28(35)27(25-19-15-14-18-24(25)9-3)34(21-8-2)29(36)26(22-23-16-12-11-13-17-23)33-30(37)38-31(4,5)6/h3,11-19,26-27H,7-8,10,20-22H2,1-2,4-6H3,(H,32,35)(H,33,37). The maximum absolute atomic E-state index is 14.2. The number of alkyl carbamates (subject to hydrolysis) is 1. The van der Waals surface area contributed by atoms with Gasteiger partial charge in [-0.2, -0.15) is 0 Å². The van der Waals surface area contributed by atoms with E-state index in [0.717, 1.165) is 18.4 Å². The summed E-state index contributed by atoms with van der Waals surface area (Å²) in [5, 5.41) is 5.74. The third-order valence-electron chi connectivity index (χ3n) is 5.82. The highest BCUT2D eigenvalue weighted by molar-refractivity contribution is 5.92. The van der Waals surface area contributed by atoms with Gasteiger partial charge in [0.1, 0.15) is 17.7 Å². The predicted molar refractivity (Wildman–Crippen MR) is 150 cm³/mol. The minimum Gasteiger partial charge on any atom is -0.444 e. The van der Waals surface area contributed by atoms with E-state index in [1.165, 1.54) is 4.90 Å². The zero-order chi connectivity index (χ0) is 28.1. The van der Waals surface area contributed by atoms with Crippen molar-refractivity contribution >= 4 is 17.9 Å². The number of ether oxygens (including phenoxy) is 1. The van der Waals surface area contributed by atoms with Crippen LogP contribution in [-0.4, -0.2) is 47.5 Å². The number of carbonyl (C=O) groups is 3. The molecule has 0 aliphatic carbocycles. The molecule has 0 heterocycles. The summed E-state index contributed by atoms with van der Waals surface area (Å²) in [5.74, 6) is 1.96. The number of amides is 3. The van der Waals surface area contributed by atoms with Crippen molar-refractivity contribution in [2.75, 3.05) is 13.1 Å². The van der Waals surface area contributed by atoms with E-state index in [1.807, 2.05) is 44.2 Å². The van der Waals surface area contributed by atoms with Gasteiger partial charge in [0, 0.05) is 25.1 Å². The normalized spacial score (nSPS) is 12.5. The van der Waals surface area contributed by atoms with Gasteiger partial charge >= 0.3 is 6.09 Å². The lowest BCUT2D eigenvalue weighted by Crippen LogP contribution is -2.54. The van der Waals surface area contributed by atoms with Gasteiger partial charge in [-0.3, -0.25) is 9.59 Å². The first-order valence-corrected chi connectivity index (χ1v) is 13.3. The van der Waals surface area contributed by atoms with Crippen molar-refractivity contribution in [3.63, 3.8) is 0 Å². The number of hydrogen-bond acceptors (Lipinski definition) is 4. The number of rotatable bonds is 12. The maximum Gasteiger partial charge on any atom is 0.408 e. The average molecular weight is 520 g/mol. The van der Waals surface area contributed by atoms with Crippen LogP contribution in [0.15, 0.2) is 54.6 Å². The molecule has 204 valence electrons. The molecule has 0 bridgehead atoms. The van der Waals surface area contributed by atoms with E-state index in [0.29, 0.717) is 30.6 Å². The molecule has 2 N–H and O–H groups in total. The molecule has 0 aromatic heterocycles. The quantitative estimate of drug-likeness (QED) is 0.305. The number of carbonyl (C=O) groups excluding carboxylic acids is 3. The van der Waals surface area contributed by atoms with Crippen LogP contribution in [0.5, 0.6) is 0 Å². The molecule has 0 aliphatic rings. The summed E-state index contributed by atoms with van der Waals surface area (Å²) in [6.07, 6.45) is 7.66. The largest absolute Gasteiger partial charge is 0.444 e. The minimum atomic E-state index is -0.956. The number of nitrogens with one attached hydrogen (secondary N) is 2. The van der Waals surface area contributed by atoms with Crippen molar-refractivity contribution < 1.29 is 19.1 Å². The third-order valence-corrected chi connectivity index (χ3v) is 5.82. The number of nitrogens with zero attached hydrogens (tertiary/aromatic N) is 1. The van der Waals surface area contributed by atoms with E-state index in [1.54, 1.807) is 45.0 Å². The molecule has 2 rings (SSSR count). The van der Waals surface area contributed by atoms with Gasteiger partial charge in [0.05, 0.1) is 0 Å². The summed E-state index contributed by atoms with van der Waals surface area (Å²) in [5.41, 5.74) is 1.24. The third kappa shape index (κ3) is 9.26. The molecule has 2 aromatic carbocycles. The summed E-state index contributed by atoms with van der Waals surface area (Å²) in [4.78, 5) is 42.1. The Morgan fingerprint density at radius 2 is 1.66 bits per heavy atom. The molecule has 0 saturated heterocycles.